The van der Waals surface area contributed by atoms with E-state index < -0.39 is 15.9 Å². The number of carbonyl (C=O) groups excluding carboxylic acids is 1. The van der Waals surface area contributed by atoms with Crippen LogP contribution in [0.15, 0.2) is 58.5 Å². The van der Waals surface area contributed by atoms with Crippen molar-refractivity contribution in [3.05, 3.63) is 59.7 Å². The molecule has 3 rings (SSSR count). The van der Waals surface area contributed by atoms with E-state index in [1.54, 1.807) is 42.5 Å². The molecule has 2 aromatic rings. The Morgan fingerprint density at radius 1 is 1.03 bits per heavy atom. The van der Waals surface area contributed by atoms with Crippen LogP contribution in [0.2, 0.25) is 0 Å². The lowest BCUT2D eigenvalue weighted by Gasteiger charge is -2.34. The van der Waals surface area contributed by atoms with Crippen molar-refractivity contribution in [1.29, 1.82) is 0 Å². The minimum absolute atomic E-state index is 0.144. The molecule has 0 aromatic heterocycles. The van der Waals surface area contributed by atoms with Gasteiger partial charge in [-0.3, -0.25) is 9.10 Å². The highest BCUT2D eigenvalue weighted by atomic mass is 32.2. The van der Waals surface area contributed by atoms with Crippen molar-refractivity contribution in [2.45, 2.75) is 65.2 Å². The number of amides is 1. The van der Waals surface area contributed by atoms with Crippen molar-refractivity contribution in [1.82, 2.24) is 5.43 Å². The van der Waals surface area contributed by atoms with Gasteiger partial charge in [-0.05, 0) is 80.2 Å². The van der Waals surface area contributed by atoms with Crippen LogP contribution < -0.4 is 9.73 Å². The summed E-state index contributed by atoms with van der Waals surface area (Å²) in [6, 6.07) is 13.7. The molecule has 7 heteroatoms. The number of carbonyl (C=O) groups is 1. The number of hydrogen-bond acceptors (Lipinski definition) is 4. The van der Waals surface area contributed by atoms with E-state index in [9.17, 15) is 13.2 Å². The zero-order valence-corrected chi connectivity index (χ0v) is 21.1. The minimum atomic E-state index is -3.93. The Morgan fingerprint density at radius 2 is 1.67 bits per heavy atom. The summed E-state index contributed by atoms with van der Waals surface area (Å²) in [4.78, 5) is 13.0. The monoisotopic (exact) mass is 469 g/mol. The number of sulfonamides is 1. The first-order valence-corrected chi connectivity index (χ1v) is 12.9. The number of nitrogens with zero attached hydrogens (tertiary/aromatic N) is 2. The first-order valence-electron chi connectivity index (χ1n) is 11.5. The summed E-state index contributed by atoms with van der Waals surface area (Å²) in [6.45, 7) is 10.2. The summed E-state index contributed by atoms with van der Waals surface area (Å²) in [6.07, 6.45) is 3.81. The molecular formula is C26H35N3O3S. The molecular weight excluding hydrogens is 434 g/mol. The summed E-state index contributed by atoms with van der Waals surface area (Å²) >= 11 is 0. The molecule has 1 aliphatic carbocycles. The van der Waals surface area contributed by atoms with E-state index in [2.05, 4.69) is 31.3 Å². The zero-order valence-electron chi connectivity index (χ0n) is 20.3. The third kappa shape index (κ3) is 6.02. The summed E-state index contributed by atoms with van der Waals surface area (Å²) < 4.78 is 28.1. The van der Waals surface area contributed by atoms with Crippen LogP contribution >= 0.6 is 0 Å². The third-order valence-electron chi connectivity index (χ3n) is 6.59. The Labute approximate surface area is 198 Å². The van der Waals surface area contributed by atoms with Gasteiger partial charge in [-0.2, -0.15) is 5.10 Å². The highest BCUT2D eigenvalue weighted by Crippen LogP contribution is 2.36. The first-order chi connectivity index (χ1) is 15.5. The Balaban J connectivity index is 1.80. The highest BCUT2D eigenvalue weighted by molar-refractivity contribution is 7.92. The van der Waals surface area contributed by atoms with Gasteiger partial charge >= 0.3 is 0 Å². The van der Waals surface area contributed by atoms with Crippen LogP contribution in [0.25, 0.3) is 0 Å². The molecule has 0 radical (unpaired) electrons. The number of hydrazone groups is 1. The van der Waals surface area contributed by atoms with Crippen LogP contribution in [0.3, 0.4) is 0 Å². The van der Waals surface area contributed by atoms with Crippen LogP contribution in [-0.2, 0) is 14.8 Å². The SMILES string of the molecule is Cc1cccc(N(CC(=O)NN=C2CCC(C(C)(C)C)CC2)S(=O)(=O)c2ccccc2)c1C. The Hall–Kier alpha value is -2.67. The lowest BCUT2D eigenvalue weighted by Crippen LogP contribution is -2.40. The molecule has 178 valence electrons. The molecule has 0 atom stereocenters. The van der Waals surface area contributed by atoms with Crippen LogP contribution in [0.1, 0.15) is 57.6 Å². The summed E-state index contributed by atoms with van der Waals surface area (Å²) in [5, 5.41) is 4.34. The molecule has 1 aliphatic rings. The third-order valence-corrected chi connectivity index (χ3v) is 8.36. The Kier molecular flexibility index (Phi) is 7.62. The number of rotatable bonds is 6. The van der Waals surface area contributed by atoms with Gasteiger partial charge in [0, 0.05) is 5.71 Å². The van der Waals surface area contributed by atoms with E-state index in [0.29, 0.717) is 11.6 Å². The number of hydrogen-bond donors (Lipinski definition) is 1. The van der Waals surface area contributed by atoms with Crippen molar-refractivity contribution in [2.24, 2.45) is 16.4 Å². The molecule has 1 N–H and O–H groups in total. The highest BCUT2D eigenvalue weighted by Gasteiger charge is 2.30. The van der Waals surface area contributed by atoms with Crippen molar-refractivity contribution in [3.8, 4) is 0 Å². The lowest BCUT2D eigenvalue weighted by molar-refractivity contribution is -0.119. The maximum Gasteiger partial charge on any atom is 0.264 e. The van der Waals surface area contributed by atoms with Crippen molar-refractivity contribution in [3.63, 3.8) is 0 Å². The van der Waals surface area contributed by atoms with E-state index in [4.69, 9.17) is 0 Å². The molecule has 0 aliphatic heterocycles. The molecule has 0 bridgehead atoms. The summed E-state index contributed by atoms with van der Waals surface area (Å²) in [5.41, 5.74) is 6.11. The number of nitrogens with one attached hydrogen (secondary N) is 1. The van der Waals surface area contributed by atoms with Gasteiger partial charge in [0.25, 0.3) is 15.9 Å². The fraction of sp³-hybridized carbons (Fsp3) is 0.462. The molecule has 0 unspecified atom stereocenters. The lowest BCUT2D eigenvalue weighted by atomic mass is 9.72. The van der Waals surface area contributed by atoms with Crippen molar-refractivity contribution < 1.29 is 13.2 Å². The summed E-state index contributed by atoms with van der Waals surface area (Å²) in [7, 11) is -3.93. The van der Waals surface area contributed by atoms with E-state index in [0.717, 1.165) is 42.5 Å². The van der Waals surface area contributed by atoms with Gasteiger partial charge in [-0.15, -0.1) is 0 Å². The Morgan fingerprint density at radius 3 is 2.27 bits per heavy atom. The van der Waals surface area contributed by atoms with Gasteiger partial charge in [0.15, 0.2) is 0 Å². The maximum absolute atomic E-state index is 13.5. The number of benzene rings is 2. The molecule has 2 aromatic carbocycles. The smallest absolute Gasteiger partial charge is 0.264 e. The van der Waals surface area contributed by atoms with Crippen LogP contribution in [-0.4, -0.2) is 26.6 Å². The first kappa shape index (κ1) is 25.0. The Bertz CT molecular complexity index is 1110. The molecule has 1 saturated carbocycles. The zero-order chi connectivity index (χ0) is 24.2. The molecule has 1 fully saturated rings. The quantitative estimate of drug-likeness (QED) is 0.590. The predicted octanol–water partition coefficient (Wildman–Crippen LogP) is 5.21. The molecule has 0 heterocycles. The average Bonchev–Trinajstić information content (AvgIpc) is 2.78. The molecule has 6 nitrogen and oxygen atoms in total. The number of anilines is 1. The molecule has 0 saturated heterocycles. The second-order valence-electron chi connectivity index (χ2n) is 9.90. The van der Waals surface area contributed by atoms with Crippen molar-refractivity contribution in [2.75, 3.05) is 10.8 Å². The fourth-order valence-electron chi connectivity index (χ4n) is 4.26. The topological polar surface area (TPSA) is 78.8 Å². The fourth-order valence-corrected chi connectivity index (χ4v) is 5.76. The van der Waals surface area contributed by atoms with E-state index in [1.165, 1.54) is 4.31 Å². The molecule has 0 spiro atoms. The van der Waals surface area contributed by atoms with Gasteiger partial charge in [0.05, 0.1) is 10.6 Å². The second-order valence-corrected chi connectivity index (χ2v) is 11.8. The van der Waals surface area contributed by atoms with E-state index >= 15 is 0 Å². The number of aryl methyl sites for hydroxylation is 1. The largest absolute Gasteiger partial charge is 0.271 e. The van der Waals surface area contributed by atoms with E-state index in [-0.39, 0.29) is 16.9 Å². The minimum Gasteiger partial charge on any atom is -0.271 e. The standard InChI is InChI=1S/C26H35N3O3S/c1-19-10-9-13-24(20(19)2)29(33(31,32)23-11-7-6-8-12-23)18-25(30)28-27-22-16-14-21(15-17-22)26(3,4)5/h6-13,21H,14-18H2,1-5H3,(H,28,30). The van der Waals surface area contributed by atoms with Gasteiger partial charge in [0.1, 0.15) is 6.54 Å². The average molecular weight is 470 g/mol. The van der Waals surface area contributed by atoms with Crippen molar-refractivity contribution >= 4 is 27.3 Å². The predicted molar refractivity (Wildman–Crippen MR) is 134 cm³/mol. The van der Waals surface area contributed by atoms with Gasteiger partial charge in [0.2, 0.25) is 0 Å². The van der Waals surface area contributed by atoms with Crippen LogP contribution in [0, 0.1) is 25.2 Å². The molecule has 33 heavy (non-hydrogen) atoms. The second kappa shape index (κ2) is 10.1. The molecule has 1 amide bonds. The van der Waals surface area contributed by atoms with Gasteiger partial charge in [-0.1, -0.05) is 51.1 Å². The van der Waals surface area contributed by atoms with Gasteiger partial charge < -0.3 is 0 Å². The maximum atomic E-state index is 13.5. The normalized spacial score (nSPS) is 16.9. The van der Waals surface area contributed by atoms with E-state index in [1.807, 2.05) is 19.9 Å². The summed E-state index contributed by atoms with van der Waals surface area (Å²) in [5.74, 6) is 0.184. The van der Waals surface area contributed by atoms with Gasteiger partial charge in [-0.25, -0.2) is 13.8 Å². The van der Waals surface area contributed by atoms with Crippen LogP contribution in [0.5, 0.6) is 0 Å². The van der Waals surface area contributed by atoms with Crippen LogP contribution in [0.4, 0.5) is 5.69 Å².